The highest BCUT2D eigenvalue weighted by Crippen LogP contribution is 2.36. The first-order valence-corrected chi connectivity index (χ1v) is 17.2. The number of aromatic nitrogens is 3. The SMILES string of the molecule is Cn1nc(-c2ccc(OCc3ccccc3)nc2OCc2ccccc2)c2ccc(NCC3CCC(COC(=O)NC(C)(C)C)CC3)cc21. The van der Waals surface area contributed by atoms with Crippen LogP contribution >= 0.6 is 0 Å². The average molecular weight is 662 g/mol. The molecule has 0 saturated heterocycles. The molecule has 6 rings (SSSR count). The van der Waals surface area contributed by atoms with E-state index in [2.05, 4.69) is 28.8 Å². The highest BCUT2D eigenvalue weighted by molar-refractivity contribution is 5.96. The van der Waals surface area contributed by atoms with Gasteiger partial charge in [-0.2, -0.15) is 10.1 Å². The molecule has 0 spiro atoms. The van der Waals surface area contributed by atoms with Crippen LogP contribution in [0.3, 0.4) is 0 Å². The number of ether oxygens (including phenoxy) is 3. The Morgan fingerprint density at radius 2 is 1.49 bits per heavy atom. The minimum atomic E-state index is -0.331. The summed E-state index contributed by atoms with van der Waals surface area (Å²) < 4.78 is 19.8. The Kier molecular flexibility index (Phi) is 10.7. The van der Waals surface area contributed by atoms with Gasteiger partial charge in [-0.1, -0.05) is 60.7 Å². The van der Waals surface area contributed by atoms with Crippen molar-refractivity contribution in [3.05, 3.63) is 102 Å². The van der Waals surface area contributed by atoms with E-state index in [-0.39, 0.29) is 11.6 Å². The summed E-state index contributed by atoms with van der Waals surface area (Å²) in [7, 11) is 1.97. The van der Waals surface area contributed by atoms with E-state index in [4.69, 9.17) is 24.3 Å². The lowest BCUT2D eigenvalue weighted by molar-refractivity contribution is 0.104. The summed E-state index contributed by atoms with van der Waals surface area (Å²) in [6.07, 6.45) is 4.03. The molecule has 0 radical (unpaired) electrons. The van der Waals surface area contributed by atoms with E-state index in [0.717, 1.165) is 71.2 Å². The molecule has 2 N–H and O–H groups in total. The zero-order chi connectivity index (χ0) is 34.2. The van der Waals surface area contributed by atoms with Gasteiger partial charge in [-0.3, -0.25) is 4.68 Å². The highest BCUT2D eigenvalue weighted by atomic mass is 16.5. The van der Waals surface area contributed by atoms with Gasteiger partial charge in [-0.15, -0.1) is 0 Å². The van der Waals surface area contributed by atoms with Crippen LogP contribution in [0.4, 0.5) is 10.5 Å². The van der Waals surface area contributed by atoms with E-state index in [1.165, 1.54) is 0 Å². The van der Waals surface area contributed by atoms with Gasteiger partial charge in [-0.05, 0) is 93.7 Å². The normalized spacial score (nSPS) is 16.2. The molecule has 9 nitrogen and oxygen atoms in total. The minimum absolute atomic E-state index is 0.290. The van der Waals surface area contributed by atoms with Gasteiger partial charge in [0, 0.05) is 36.3 Å². The lowest BCUT2D eigenvalue weighted by Gasteiger charge is -2.29. The number of carbonyl (C=O) groups is 1. The van der Waals surface area contributed by atoms with Crippen LogP contribution in [0.25, 0.3) is 22.2 Å². The maximum Gasteiger partial charge on any atom is 0.407 e. The largest absolute Gasteiger partial charge is 0.473 e. The van der Waals surface area contributed by atoms with Crippen molar-refractivity contribution in [2.24, 2.45) is 18.9 Å². The number of pyridine rings is 1. The third kappa shape index (κ3) is 9.31. The van der Waals surface area contributed by atoms with Crippen LogP contribution in [-0.2, 0) is 25.0 Å². The number of alkyl carbamates (subject to hydrolysis) is 1. The van der Waals surface area contributed by atoms with Gasteiger partial charge in [0.15, 0.2) is 0 Å². The van der Waals surface area contributed by atoms with Crippen LogP contribution in [0.15, 0.2) is 91.0 Å². The fraction of sp³-hybridized carbons (Fsp3) is 0.375. The second-order valence-corrected chi connectivity index (χ2v) is 14.0. The molecule has 9 heteroatoms. The van der Waals surface area contributed by atoms with Gasteiger partial charge in [0.1, 0.15) is 18.9 Å². The number of anilines is 1. The summed E-state index contributed by atoms with van der Waals surface area (Å²) in [6.45, 7) is 8.05. The molecule has 0 atom stereocenters. The Labute approximate surface area is 289 Å². The molecule has 1 aliphatic rings. The summed E-state index contributed by atoms with van der Waals surface area (Å²) in [5.74, 6) is 1.98. The molecule has 1 saturated carbocycles. The van der Waals surface area contributed by atoms with Crippen molar-refractivity contribution < 1.29 is 19.0 Å². The van der Waals surface area contributed by atoms with Crippen molar-refractivity contribution in [3.63, 3.8) is 0 Å². The van der Waals surface area contributed by atoms with Crippen LogP contribution in [0.2, 0.25) is 0 Å². The van der Waals surface area contributed by atoms with Crippen LogP contribution < -0.4 is 20.1 Å². The van der Waals surface area contributed by atoms with Crippen molar-refractivity contribution in [2.45, 2.75) is 65.2 Å². The van der Waals surface area contributed by atoms with E-state index >= 15 is 0 Å². The Morgan fingerprint density at radius 1 is 0.837 bits per heavy atom. The van der Waals surface area contributed by atoms with Gasteiger partial charge in [0.05, 0.1) is 17.7 Å². The number of nitrogens with one attached hydrogen (secondary N) is 2. The highest BCUT2D eigenvalue weighted by Gasteiger charge is 2.24. The van der Waals surface area contributed by atoms with Crippen molar-refractivity contribution >= 4 is 22.7 Å². The molecule has 0 aliphatic heterocycles. The minimum Gasteiger partial charge on any atom is -0.473 e. The molecule has 2 aromatic heterocycles. The van der Waals surface area contributed by atoms with Crippen LogP contribution in [0.1, 0.15) is 57.6 Å². The van der Waals surface area contributed by atoms with Gasteiger partial charge in [0.2, 0.25) is 11.8 Å². The molecule has 49 heavy (non-hydrogen) atoms. The predicted molar refractivity (Wildman–Crippen MR) is 194 cm³/mol. The first kappa shape index (κ1) is 33.8. The molecule has 1 aliphatic carbocycles. The Bertz CT molecular complexity index is 1830. The molecular formula is C40H47N5O4. The fourth-order valence-electron chi connectivity index (χ4n) is 6.22. The number of benzene rings is 3. The second kappa shape index (κ2) is 15.4. The fourth-order valence-corrected chi connectivity index (χ4v) is 6.22. The number of hydrogen-bond acceptors (Lipinski definition) is 7. The molecular weight excluding hydrogens is 614 g/mol. The topological polar surface area (TPSA) is 99.5 Å². The monoisotopic (exact) mass is 661 g/mol. The lowest BCUT2D eigenvalue weighted by atomic mass is 9.82. The summed E-state index contributed by atoms with van der Waals surface area (Å²) in [5.41, 5.74) is 5.54. The van der Waals surface area contributed by atoms with Crippen LogP contribution in [0, 0.1) is 11.8 Å². The van der Waals surface area contributed by atoms with Crippen molar-refractivity contribution in [1.29, 1.82) is 0 Å². The first-order chi connectivity index (χ1) is 23.7. The van der Waals surface area contributed by atoms with Gasteiger partial charge < -0.3 is 24.8 Å². The quantitative estimate of drug-likeness (QED) is 0.138. The zero-order valence-electron chi connectivity index (χ0n) is 28.9. The number of carbonyl (C=O) groups excluding carboxylic acids is 1. The Balaban J connectivity index is 1.11. The Hall–Kier alpha value is -5.05. The molecule has 2 heterocycles. The summed E-state index contributed by atoms with van der Waals surface area (Å²) in [6, 6.07) is 30.4. The smallest absolute Gasteiger partial charge is 0.407 e. The Morgan fingerprint density at radius 3 is 2.16 bits per heavy atom. The summed E-state index contributed by atoms with van der Waals surface area (Å²) in [5, 5.41) is 12.5. The molecule has 256 valence electrons. The lowest BCUT2D eigenvalue weighted by Crippen LogP contribution is -2.41. The maximum atomic E-state index is 12.0. The number of hydrogen-bond donors (Lipinski definition) is 2. The average Bonchev–Trinajstić information content (AvgIpc) is 3.43. The zero-order valence-corrected chi connectivity index (χ0v) is 28.9. The van der Waals surface area contributed by atoms with Crippen LogP contribution in [-0.4, -0.2) is 39.5 Å². The predicted octanol–water partition coefficient (Wildman–Crippen LogP) is 8.54. The van der Waals surface area contributed by atoms with E-state index in [1.54, 1.807) is 0 Å². The molecule has 1 amide bonds. The van der Waals surface area contributed by atoms with Gasteiger partial charge >= 0.3 is 6.09 Å². The van der Waals surface area contributed by atoms with E-state index in [9.17, 15) is 4.79 Å². The van der Waals surface area contributed by atoms with Crippen molar-refractivity contribution in [1.82, 2.24) is 20.1 Å². The van der Waals surface area contributed by atoms with Crippen molar-refractivity contribution in [2.75, 3.05) is 18.5 Å². The first-order valence-electron chi connectivity index (χ1n) is 17.2. The van der Waals surface area contributed by atoms with E-state index in [1.807, 2.05) is 105 Å². The molecule has 5 aromatic rings. The maximum absolute atomic E-state index is 12.0. The molecule has 0 unspecified atom stereocenters. The van der Waals surface area contributed by atoms with E-state index in [0.29, 0.717) is 43.4 Å². The summed E-state index contributed by atoms with van der Waals surface area (Å²) in [4.78, 5) is 16.8. The molecule has 3 aromatic carbocycles. The number of fused-ring (bicyclic) bond motifs is 1. The third-order valence-corrected chi connectivity index (χ3v) is 8.88. The van der Waals surface area contributed by atoms with Crippen LogP contribution in [0.5, 0.6) is 11.8 Å². The molecule has 1 fully saturated rings. The number of amides is 1. The number of nitrogens with zero attached hydrogens (tertiary/aromatic N) is 3. The molecule has 0 bridgehead atoms. The standard InChI is InChI=1S/C40H47N5O4/c1-40(2,3)43-39(46)49-27-31-17-15-28(16-18-31)24-41-32-19-20-33-35(23-32)45(4)44-37(33)34-21-22-36(47-25-29-11-7-5-8-12-29)42-38(34)48-26-30-13-9-6-10-14-30/h5-14,19-23,28,31,41H,15-18,24-27H2,1-4H3,(H,43,46). The van der Waals surface area contributed by atoms with Gasteiger partial charge in [-0.25, -0.2) is 4.79 Å². The number of aryl methyl sites for hydroxylation is 1. The van der Waals surface area contributed by atoms with Gasteiger partial charge in [0.25, 0.3) is 0 Å². The second-order valence-electron chi connectivity index (χ2n) is 14.0. The van der Waals surface area contributed by atoms with E-state index < -0.39 is 0 Å². The summed E-state index contributed by atoms with van der Waals surface area (Å²) >= 11 is 0. The van der Waals surface area contributed by atoms with Crippen molar-refractivity contribution in [3.8, 4) is 23.0 Å². The third-order valence-electron chi connectivity index (χ3n) is 8.88. The number of rotatable bonds is 12.